The molecule has 2 N–H and O–H groups in total. The summed E-state index contributed by atoms with van der Waals surface area (Å²) in [5.41, 5.74) is 0.618. The second-order valence-corrected chi connectivity index (χ2v) is 6.11. The molecule has 1 aromatic carbocycles. The zero-order valence-corrected chi connectivity index (χ0v) is 13.6. The van der Waals surface area contributed by atoms with Gasteiger partial charge in [-0.15, -0.1) is 0 Å². The van der Waals surface area contributed by atoms with Gasteiger partial charge in [0.05, 0.1) is 11.8 Å². The number of anilines is 2. The molecule has 1 fully saturated rings. The number of amides is 2. The summed E-state index contributed by atoms with van der Waals surface area (Å²) in [4.78, 5) is 24.5. The monoisotopic (exact) mass is 343 g/mol. The zero-order chi connectivity index (χ0) is 17.4. The van der Waals surface area contributed by atoms with Crippen molar-refractivity contribution in [3.05, 3.63) is 30.0 Å². The molecule has 0 radical (unpaired) electrons. The maximum atomic E-state index is 12.3. The van der Waals surface area contributed by atoms with Gasteiger partial charge in [-0.3, -0.25) is 9.59 Å². The number of ether oxygens (including phenoxy) is 2. The number of nitrogens with zero attached hydrogens (tertiary/aromatic N) is 1. The summed E-state index contributed by atoms with van der Waals surface area (Å²) in [6.45, 7) is 2.74. The van der Waals surface area contributed by atoms with Gasteiger partial charge in [-0.05, 0) is 25.5 Å². The van der Waals surface area contributed by atoms with E-state index in [2.05, 4.69) is 15.8 Å². The molecule has 2 amide bonds. The maximum absolute atomic E-state index is 12.3. The van der Waals surface area contributed by atoms with Crippen molar-refractivity contribution in [2.45, 2.75) is 13.3 Å². The number of aromatic nitrogens is 1. The standard InChI is InChI=1S/C17H17N3O5/c1-9-6-15(20-25-9)19-17(22)12-8-11(12)16(21)18-10-2-3-13-14(7-10)24-5-4-23-13/h2-3,6-7,11-12H,4-5,8H2,1H3,(H,18,21)(H,19,20,22). The van der Waals surface area contributed by atoms with Crippen LogP contribution in [0.3, 0.4) is 0 Å². The van der Waals surface area contributed by atoms with Crippen molar-refractivity contribution in [2.75, 3.05) is 23.8 Å². The smallest absolute Gasteiger partial charge is 0.229 e. The van der Waals surface area contributed by atoms with Gasteiger partial charge in [-0.2, -0.15) is 0 Å². The van der Waals surface area contributed by atoms with Gasteiger partial charge in [0.25, 0.3) is 0 Å². The van der Waals surface area contributed by atoms with Crippen LogP contribution in [-0.2, 0) is 9.59 Å². The Balaban J connectivity index is 1.34. The van der Waals surface area contributed by atoms with Crippen molar-refractivity contribution in [3.63, 3.8) is 0 Å². The van der Waals surface area contributed by atoms with E-state index in [9.17, 15) is 9.59 Å². The van der Waals surface area contributed by atoms with Gasteiger partial charge in [0.15, 0.2) is 17.3 Å². The van der Waals surface area contributed by atoms with Crippen LogP contribution in [0, 0.1) is 18.8 Å². The summed E-state index contributed by atoms with van der Waals surface area (Å²) >= 11 is 0. The predicted octanol–water partition coefficient (Wildman–Crippen LogP) is 1.97. The summed E-state index contributed by atoms with van der Waals surface area (Å²) in [5, 5.41) is 9.18. The fourth-order valence-electron chi connectivity index (χ4n) is 2.77. The quantitative estimate of drug-likeness (QED) is 0.880. The fraction of sp³-hybridized carbons (Fsp3) is 0.353. The van der Waals surface area contributed by atoms with Crippen LogP contribution in [0.1, 0.15) is 12.2 Å². The minimum atomic E-state index is -0.353. The molecule has 0 bridgehead atoms. The van der Waals surface area contributed by atoms with E-state index in [4.69, 9.17) is 14.0 Å². The first-order valence-corrected chi connectivity index (χ1v) is 8.05. The van der Waals surface area contributed by atoms with Crippen molar-refractivity contribution in [3.8, 4) is 11.5 Å². The van der Waals surface area contributed by atoms with Crippen LogP contribution in [0.2, 0.25) is 0 Å². The van der Waals surface area contributed by atoms with Crippen molar-refractivity contribution in [1.82, 2.24) is 5.16 Å². The summed E-state index contributed by atoms with van der Waals surface area (Å²) in [6.07, 6.45) is 0.513. The van der Waals surface area contributed by atoms with Crippen LogP contribution < -0.4 is 20.1 Å². The number of benzene rings is 1. The van der Waals surface area contributed by atoms with E-state index in [0.717, 1.165) is 0 Å². The third-order valence-corrected chi connectivity index (χ3v) is 4.15. The van der Waals surface area contributed by atoms with Gasteiger partial charge in [-0.25, -0.2) is 0 Å². The fourth-order valence-corrected chi connectivity index (χ4v) is 2.77. The van der Waals surface area contributed by atoms with Crippen LogP contribution in [0.15, 0.2) is 28.8 Å². The van der Waals surface area contributed by atoms with Crippen LogP contribution in [0.5, 0.6) is 11.5 Å². The number of nitrogens with one attached hydrogen (secondary N) is 2. The molecule has 2 heterocycles. The minimum Gasteiger partial charge on any atom is -0.486 e. The van der Waals surface area contributed by atoms with Crippen LogP contribution in [0.4, 0.5) is 11.5 Å². The number of fused-ring (bicyclic) bond motifs is 1. The Morgan fingerprint density at radius 2 is 1.76 bits per heavy atom. The van der Waals surface area contributed by atoms with Gasteiger partial charge in [0, 0.05) is 17.8 Å². The van der Waals surface area contributed by atoms with Gasteiger partial charge in [-0.1, -0.05) is 5.16 Å². The molecule has 0 saturated heterocycles. The van der Waals surface area contributed by atoms with Crippen molar-refractivity contribution in [2.24, 2.45) is 11.8 Å². The molecular weight excluding hydrogens is 326 g/mol. The molecule has 8 heteroatoms. The van der Waals surface area contributed by atoms with E-state index in [-0.39, 0.29) is 23.7 Å². The molecule has 2 aliphatic rings. The molecule has 4 rings (SSSR count). The molecule has 25 heavy (non-hydrogen) atoms. The van der Waals surface area contributed by atoms with Gasteiger partial charge < -0.3 is 24.6 Å². The second-order valence-electron chi connectivity index (χ2n) is 6.11. The molecule has 1 aromatic heterocycles. The molecule has 0 spiro atoms. The second kappa shape index (κ2) is 6.12. The predicted molar refractivity (Wildman–Crippen MR) is 87.5 cm³/mol. The van der Waals surface area contributed by atoms with Crippen molar-refractivity contribution < 1.29 is 23.6 Å². The molecule has 2 aromatic rings. The minimum absolute atomic E-state index is 0.187. The number of hydrogen-bond acceptors (Lipinski definition) is 6. The average Bonchev–Trinajstić information content (AvgIpc) is 3.32. The van der Waals surface area contributed by atoms with E-state index in [1.54, 1.807) is 31.2 Å². The molecule has 2 unspecified atom stereocenters. The Bertz CT molecular complexity index is 831. The highest BCUT2D eigenvalue weighted by Crippen LogP contribution is 2.41. The molecule has 1 saturated carbocycles. The van der Waals surface area contributed by atoms with Gasteiger partial charge >= 0.3 is 0 Å². The lowest BCUT2D eigenvalue weighted by Gasteiger charge is -2.19. The summed E-state index contributed by atoms with van der Waals surface area (Å²) in [5.74, 6) is 1.13. The lowest BCUT2D eigenvalue weighted by atomic mass is 10.2. The number of hydrogen-bond donors (Lipinski definition) is 2. The van der Waals surface area contributed by atoms with Crippen LogP contribution in [-0.4, -0.2) is 30.2 Å². The Morgan fingerprint density at radius 3 is 2.48 bits per heavy atom. The first-order chi connectivity index (χ1) is 12.1. The Labute approximate surface area is 143 Å². The lowest BCUT2D eigenvalue weighted by Crippen LogP contribution is -2.21. The first-order valence-electron chi connectivity index (χ1n) is 8.05. The Kier molecular flexibility index (Phi) is 3.79. The topological polar surface area (TPSA) is 103 Å². The highest BCUT2D eigenvalue weighted by atomic mass is 16.6. The van der Waals surface area contributed by atoms with Crippen LogP contribution in [0.25, 0.3) is 0 Å². The molecule has 1 aliphatic carbocycles. The largest absolute Gasteiger partial charge is 0.486 e. The van der Waals surface area contributed by atoms with Crippen molar-refractivity contribution in [1.29, 1.82) is 0 Å². The maximum Gasteiger partial charge on any atom is 0.229 e. The summed E-state index contributed by atoms with van der Waals surface area (Å²) in [6, 6.07) is 6.86. The lowest BCUT2D eigenvalue weighted by molar-refractivity contribution is -0.122. The summed E-state index contributed by atoms with van der Waals surface area (Å²) in [7, 11) is 0. The van der Waals surface area contributed by atoms with Crippen LogP contribution >= 0.6 is 0 Å². The third kappa shape index (κ3) is 3.28. The van der Waals surface area contributed by atoms with E-state index >= 15 is 0 Å². The molecule has 130 valence electrons. The highest BCUT2D eigenvalue weighted by molar-refractivity contribution is 6.03. The molecule has 8 nitrogen and oxygen atoms in total. The zero-order valence-electron chi connectivity index (χ0n) is 13.6. The molecule has 1 aliphatic heterocycles. The van der Waals surface area contributed by atoms with E-state index < -0.39 is 0 Å². The molecule has 2 atom stereocenters. The Morgan fingerprint density at radius 1 is 1.04 bits per heavy atom. The average molecular weight is 343 g/mol. The highest BCUT2D eigenvalue weighted by Gasteiger charge is 2.48. The first kappa shape index (κ1) is 15.5. The van der Waals surface area contributed by atoms with Gasteiger partial charge in [0.2, 0.25) is 11.8 Å². The van der Waals surface area contributed by atoms with E-state index in [1.165, 1.54) is 0 Å². The Hall–Kier alpha value is -3.03. The van der Waals surface area contributed by atoms with E-state index in [1.807, 2.05) is 0 Å². The number of aryl methyl sites for hydroxylation is 1. The SMILES string of the molecule is Cc1cc(NC(=O)C2CC2C(=O)Nc2ccc3c(c2)OCCO3)no1. The van der Waals surface area contributed by atoms with E-state index in [0.29, 0.717) is 48.4 Å². The number of carbonyl (C=O) groups is 2. The third-order valence-electron chi connectivity index (χ3n) is 4.15. The van der Waals surface area contributed by atoms with Crippen molar-refractivity contribution >= 4 is 23.3 Å². The molecular formula is C17H17N3O5. The van der Waals surface area contributed by atoms with Gasteiger partial charge in [0.1, 0.15) is 19.0 Å². The normalized spacial score (nSPS) is 20.7. The number of carbonyl (C=O) groups excluding carboxylic acids is 2. The number of rotatable bonds is 4. The summed E-state index contributed by atoms with van der Waals surface area (Å²) < 4.78 is 15.8.